The number of anilines is 7. The second-order valence-corrected chi connectivity index (χ2v) is 11.6. The molecule has 0 saturated carbocycles. The first-order valence-corrected chi connectivity index (χ1v) is 16.4. The standard InChI is InChI=1S/C18H17N7O.C13H11ClN4.C5H7N3O/c1-11-9-12-10-13(3-4-14(12)21-11)22-15-5-7-19-17(23-15)24-16-6-8-20-18(25-16)26-2;1-8-6-9-7-10(2-3-11(9)16-8)17-12-4-5-15-13(14)18-12;1-9-5-7-3-2-4(6)8-5/h3-10,21H,1-2H3,(H2,19,20,22,23,24,25);2-7,16H,1H3,(H,15,17,18);2-3H,1H3,(H2,6,7,8). The number of fused-ring (bicyclic) bond motifs is 2. The fraction of sp³-hybridized carbons (Fsp3) is 0.111. The molecule has 0 amide bonds. The number of nitrogens with two attached hydrogens (primary N) is 1. The van der Waals surface area contributed by atoms with Crippen LogP contribution in [0.4, 0.5) is 40.6 Å². The van der Waals surface area contributed by atoms with Gasteiger partial charge in [0.1, 0.15) is 23.3 Å². The number of aromatic amines is 2. The van der Waals surface area contributed by atoms with Crippen LogP contribution in [0.3, 0.4) is 0 Å². The van der Waals surface area contributed by atoms with Gasteiger partial charge in [0, 0.05) is 69.4 Å². The lowest BCUT2D eigenvalue weighted by Gasteiger charge is -2.08. The van der Waals surface area contributed by atoms with Gasteiger partial charge in [0.15, 0.2) is 0 Å². The Labute approximate surface area is 308 Å². The number of H-pyrrole nitrogens is 2. The Kier molecular flexibility index (Phi) is 11.3. The van der Waals surface area contributed by atoms with Crippen molar-refractivity contribution in [2.75, 3.05) is 35.9 Å². The van der Waals surface area contributed by atoms with Gasteiger partial charge in [-0.15, -0.1) is 0 Å². The highest BCUT2D eigenvalue weighted by Gasteiger charge is 2.06. The van der Waals surface area contributed by atoms with E-state index in [1.54, 1.807) is 49.1 Å². The minimum absolute atomic E-state index is 0.235. The van der Waals surface area contributed by atoms with Gasteiger partial charge in [-0.05, 0) is 98.2 Å². The van der Waals surface area contributed by atoms with Gasteiger partial charge in [-0.3, -0.25) is 0 Å². The molecule has 8 aromatic rings. The van der Waals surface area contributed by atoms with E-state index in [1.807, 2.05) is 38.1 Å². The predicted octanol–water partition coefficient (Wildman–Crippen LogP) is 7.28. The Morgan fingerprint density at radius 2 is 1.08 bits per heavy atom. The molecule has 0 fully saturated rings. The zero-order valence-electron chi connectivity index (χ0n) is 29.1. The molecule has 0 atom stereocenters. The Hall–Kier alpha value is -7.07. The number of hydrogen-bond acceptors (Lipinski definition) is 14. The van der Waals surface area contributed by atoms with Gasteiger partial charge in [0.2, 0.25) is 11.2 Å². The molecule has 0 aliphatic heterocycles. The average Bonchev–Trinajstić information content (AvgIpc) is 3.72. The first-order valence-electron chi connectivity index (χ1n) is 16.0. The molecule has 0 radical (unpaired) electrons. The molecule has 53 heavy (non-hydrogen) atoms. The lowest BCUT2D eigenvalue weighted by atomic mass is 10.2. The first-order chi connectivity index (χ1) is 25.7. The SMILES string of the molecule is COc1nccc(N)n1.COc1nccc(Nc2nccc(Nc3ccc4[nH]c(C)cc4c3)n2)n1.Cc1cc2cc(Nc3ccnc(Cl)n3)ccc2[nH]1. The zero-order chi connectivity index (χ0) is 37.2. The van der Waals surface area contributed by atoms with Crippen LogP contribution in [0.1, 0.15) is 11.4 Å². The molecule has 6 heterocycles. The number of hydrogen-bond donors (Lipinski definition) is 6. The summed E-state index contributed by atoms with van der Waals surface area (Å²) in [6.45, 7) is 4.08. The molecule has 7 N–H and O–H groups in total. The van der Waals surface area contributed by atoms with Crippen LogP contribution in [0.25, 0.3) is 21.8 Å². The van der Waals surface area contributed by atoms with E-state index in [9.17, 15) is 0 Å². The van der Waals surface area contributed by atoms with E-state index in [2.05, 4.69) is 90.1 Å². The molecule has 6 aromatic heterocycles. The van der Waals surface area contributed by atoms with Crippen molar-refractivity contribution >= 4 is 74.0 Å². The van der Waals surface area contributed by atoms with E-state index >= 15 is 0 Å². The number of aromatic nitrogens is 10. The third kappa shape index (κ3) is 10.0. The number of methoxy groups -OCH3 is 2. The maximum absolute atomic E-state index is 5.74. The Morgan fingerprint density at radius 3 is 1.62 bits per heavy atom. The van der Waals surface area contributed by atoms with Gasteiger partial charge in [0.05, 0.1) is 14.2 Å². The summed E-state index contributed by atoms with van der Waals surface area (Å²) >= 11 is 5.74. The zero-order valence-corrected chi connectivity index (χ0v) is 29.8. The van der Waals surface area contributed by atoms with E-state index in [1.165, 1.54) is 14.2 Å². The smallest absolute Gasteiger partial charge is 0.318 e. The average molecular weight is 731 g/mol. The molecular formula is C36H35ClN14O2. The van der Waals surface area contributed by atoms with Gasteiger partial charge in [0.25, 0.3) is 0 Å². The first kappa shape index (κ1) is 35.7. The molecule has 268 valence electrons. The van der Waals surface area contributed by atoms with Crippen LogP contribution in [0.15, 0.2) is 97.6 Å². The topological polar surface area (TPSA) is 215 Å². The molecule has 0 aliphatic rings. The lowest BCUT2D eigenvalue weighted by molar-refractivity contribution is 0.380. The molecule has 0 spiro atoms. The summed E-state index contributed by atoms with van der Waals surface area (Å²) in [6.07, 6.45) is 6.44. The van der Waals surface area contributed by atoms with Gasteiger partial charge in [-0.2, -0.15) is 15.0 Å². The summed E-state index contributed by atoms with van der Waals surface area (Å²) in [4.78, 5) is 38.8. The molecule has 16 nitrogen and oxygen atoms in total. The summed E-state index contributed by atoms with van der Waals surface area (Å²) in [5.74, 6) is 2.76. The number of aryl methyl sites for hydroxylation is 2. The fourth-order valence-electron chi connectivity index (χ4n) is 4.98. The van der Waals surface area contributed by atoms with Crippen molar-refractivity contribution in [2.24, 2.45) is 0 Å². The number of nitrogens with zero attached hydrogens (tertiary/aromatic N) is 8. The Morgan fingerprint density at radius 1 is 0.566 bits per heavy atom. The monoisotopic (exact) mass is 730 g/mol. The van der Waals surface area contributed by atoms with Gasteiger partial charge in [-0.1, -0.05) is 0 Å². The number of nitrogens with one attached hydrogen (secondary N) is 5. The summed E-state index contributed by atoms with van der Waals surface area (Å²) in [5.41, 5.74) is 11.7. The van der Waals surface area contributed by atoms with Gasteiger partial charge in [-0.25, -0.2) is 24.9 Å². The van der Waals surface area contributed by atoms with E-state index in [0.29, 0.717) is 35.2 Å². The Balaban J connectivity index is 0.000000153. The second-order valence-electron chi connectivity index (χ2n) is 11.3. The summed E-state index contributed by atoms with van der Waals surface area (Å²) in [5, 5.41) is 12.1. The van der Waals surface area contributed by atoms with Crippen LogP contribution in [0.5, 0.6) is 12.0 Å². The molecule has 8 rings (SSSR count). The molecule has 2 aromatic carbocycles. The van der Waals surface area contributed by atoms with Crippen LogP contribution in [0, 0.1) is 13.8 Å². The number of ether oxygens (including phenoxy) is 2. The third-order valence-corrected chi connectivity index (χ3v) is 7.41. The van der Waals surface area contributed by atoms with Crippen molar-refractivity contribution in [1.29, 1.82) is 0 Å². The fourth-order valence-corrected chi connectivity index (χ4v) is 5.12. The number of benzene rings is 2. The quantitative estimate of drug-likeness (QED) is 0.0847. The van der Waals surface area contributed by atoms with Crippen LogP contribution < -0.4 is 31.2 Å². The number of halogens is 1. The molecule has 0 aliphatic carbocycles. The lowest BCUT2D eigenvalue weighted by Crippen LogP contribution is -2.02. The summed E-state index contributed by atoms with van der Waals surface area (Å²) in [6, 6.07) is 23.9. The van der Waals surface area contributed by atoms with Crippen molar-refractivity contribution in [3.63, 3.8) is 0 Å². The second kappa shape index (κ2) is 16.8. The highest BCUT2D eigenvalue weighted by atomic mass is 35.5. The van der Waals surface area contributed by atoms with Crippen molar-refractivity contribution in [2.45, 2.75) is 13.8 Å². The molecule has 0 bridgehead atoms. The Bertz CT molecular complexity index is 2450. The minimum Gasteiger partial charge on any atom is -0.467 e. The molecular weight excluding hydrogens is 696 g/mol. The van der Waals surface area contributed by atoms with E-state index < -0.39 is 0 Å². The maximum Gasteiger partial charge on any atom is 0.318 e. The van der Waals surface area contributed by atoms with Crippen molar-refractivity contribution in [3.05, 3.63) is 114 Å². The molecule has 0 unspecified atom stereocenters. The molecule has 0 saturated heterocycles. The van der Waals surface area contributed by atoms with Crippen LogP contribution in [-0.4, -0.2) is 64.1 Å². The van der Waals surface area contributed by atoms with E-state index in [-0.39, 0.29) is 11.3 Å². The predicted molar refractivity (Wildman–Crippen MR) is 207 cm³/mol. The number of rotatable bonds is 8. The van der Waals surface area contributed by atoms with Crippen molar-refractivity contribution < 1.29 is 9.47 Å². The van der Waals surface area contributed by atoms with Gasteiger partial charge >= 0.3 is 12.0 Å². The van der Waals surface area contributed by atoms with Crippen molar-refractivity contribution in [3.8, 4) is 12.0 Å². The molecule has 17 heteroatoms. The van der Waals surface area contributed by atoms with E-state index in [4.69, 9.17) is 26.8 Å². The normalized spacial score (nSPS) is 10.4. The van der Waals surface area contributed by atoms with Crippen LogP contribution in [-0.2, 0) is 0 Å². The minimum atomic E-state index is 0.235. The van der Waals surface area contributed by atoms with Crippen LogP contribution >= 0.6 is 11.6 Å². The van der Waals surface area contributed by atoms with Crippen LogP contribution in [0.2, 0.25) is 5.28 Å². The highest BCUT2D eigenvalue weighted by Crippen LogP contribution is 2.24. The number of nitrogen functional groups attached to an aromatic ring is 1. The maximum atomic E-state index is 5.74. The largest absolute Gasteiger partial charge is 0.467 e. The third-order valence-electron chi connectivity index (χ3n) is 7.23. The van der Waals surface area contributed by atoms with E-state index in [0.717, 1.165) is 44.6 Å². The van der Waals surface area contributed by atoms with Gasteiger partial charge < -0.3 is 41.1 Å². The summed E-state index contributed by atoms with van der Waals surface area (Å²) in [7, 11) is 3.01. The van der Waals surface area contributed by atoms with Crippen molar-refractivity contribution in [1.82, 2.24) is 49.8 Å². The summed E-state index contributed by atoms with van der Waals surface area (Å²) < 4.78 is 9.71. The highest BCUT2D eigenvalue weighted by molar-refractivity contribution is 6.28.